The van der Waals surface area contributed by atoms with E-state index < -0.39 is 0 Å². The fourth-order valence-corrected chi connectivity index (χ4v) is 2.71. The van der Waals surface area contributed by atoms with Crippen molar-refractivity contribution in [3.8, 4) is 5.75 Å². The van der Waals surface area contributed by atoms with E-state index in [1.165, 1.54) is 13.2 Å². The zero-order valence-electron chi connectivity index (χ0n) is 11.8. The van der Waals surface area contributed by atoms with Crippen LogP contribution in [0.15, 0.2) is 36.4 Å². The van der Waals surface area contributed by atoms with Gasteiger partial charge in [-0.25, -0.2) is 4.39 Å². The van der Waals surface area contributed by atoms with Gasteiger partial charge in [-0.05, 0) is 64.5 Å². The van der Waals surface area contributed by atoms with Crippen LogP contribution in [0.2, 0.25) is 5.02 Å². The van der Waals surface area contributed by atoms with E-state index in [9.17, 15) is 4.39 Å². The Kier molecular flexibility index (Phi) is 5.84. The van der Waals surface area contributed by atoms with Crippen molar-refractivity contribution in [1.82, 2.24) is 5.32 Å². The Labute approximate surface area is 142 Å². The molecule has 0 fully saturated rings. The highest BCUT2D eigenvalue weighted by Gasteiger charge is 2.16. The van der Waals surface area contributed by atoms with Crippen molar-refractivity contribution < 1.29 is 9.13 Å². The molecule has 0 radical (unpaired) electrons. The molecule has 2 aromatic rings. The lowest BCUT2D eigenvalue weighted by atomic mass is 9.98. The van der Waals surface area contributed by atoms with Gasteiger partial charge in [0.25, 0.3) is 0 Å². The van der Waals surface area contributed by atoms with Gasteiger partial charge in [-0.3, -0.25) is 0 Å². The third-order valence-electron chi connectivity index (χ3n) is 3.19. The first-order valence-corrected chi connectivity index (χ1v) is 8.04. The minimum absolute atomic E-state index is 0.107. The summed E-state index contributed by atoms with van der Waals surface area (Å²) in [7, 11) is 1.46. The Morgan fingerprint density at radius 3 is 2.48 bits per heavy atom. The number of rotatable bonds is 5. The molecule has 1 atom stereocenters. The highest BCUT2D eigenvalue weighted by Crippen LogP contribution is 2.29. The molecule has 0 bridgehead atoms. The van der Waals surface area contributed by atoms with Gasteiger partial charge in [-0.2, -0.15) is 0 Å². The molecule has 0 spiro atoms. The number of methoxy groups -OCH3 is 1. The number of hydrogen-bond donors (Lipinski definition) is 1. The number of benzene rings is 2. The topological polar surface area (TPSA) is 21.3 Å². The van der Waals surface area contributed by atoms with E-state index in [2.05, 4.69) is 27.9 Å². The Bertz CT molecular complexity index is 636. The van der Waals surface area contributed by atoms with Gasteiger partial charge in [0.05, 0.1) is 18.2 Å². The number of halogens is 3. The third-order valence-corrected chi connectivity index (χ3v) is 4.77. The Morgan fingerprint density at radius 1 is 1.24 bits per heavy atom. The van der Waals surface area contributed by atoms with Crippen molar-refractivity contribution in [1.29, 1.82) is 0 Å². The molecule has 0 heterocycles. The second-order valence-electron chi connectivity index (χ2n) is 4.56. The summed E-state index contributed by atoms with van der Waals surface area (Å²) in [4.78, 5) is 0. The molecule has 0 amide bonds. The Hall–Kier alpha value is -0.850. The maximum atomic E-state index is 13.9. The van der Waals surface area contributed by atoms with E-state index >= 15 is 0 Å². The van der Waals surface area contributed by atoms with Crippen LogP contribution in [-0.4, -0.2) is 13.7 Å². The van der Waals surface area contributed by atoms with Crippen LogP contribution in [0.4, 0.5) is 4.39 Å². The van der Waals surface area contributed by atoms with Crippen molar-refractivity contribution in [2.24, 2.45) is 0 Å². The molecule has 5 heteroatoms. The van der Waals surface area contributed by atoms with Crippen molar-refractivity contribution in [3.05, 3.63) is 61.9 Å². The number of hydrogen-bond acceptors (Lipinski definition) is 2. The summed E-state index contributed by atoms with van der Waals surface area (Å²) in [6.45, 7) is 2.78. The lowest BCUT2D eigenvalue weighted by Crippen LogP contribution is -2.22. The minimum Gasteiger partial charge on any atom is -0.494 e. The largest absolute Gasteiger partial charge is 0.494 e. The monoisotopic (exact) mass is 419 g/mol. The standard InChI is InChI=1S/C16H16ClFINO/c1-3-20-16(10-4-6-14(19)12(17)8-10)11-5-7-15(21-2)13(18)9-11/h4-9,16,20H,3H2,1-2H3. The van der Waals surface area contributed by atoms with Crippen molar-refractivity contribution >= 4 is 34.2 Å². The van der Waals surface area contributed by atoms with Crippen LogP contribution in [0, 0.1) is 9.39 Å². The van der Waals surface area contributed by atoms with Gasteiger partial charge >= 0.3 is 0 Å². The van der Waals surface area contributed by atoms with Crippen molar-refractivity contribution in [2.45, 2.75) is 13.0 Å². The average molecular weight is 420 g/mol. The molecule has 0 aliphatic heterocycles. The summed E-state index contributed by atoms with van der Waals surface area (Å²) in [6, 6.07) is 10.8. The van der Waals surface area contributed by atoms with Gasteiger partial charge in [0, 0.05) is 3.57 Å². The van der Waals surface area contributed by atoms with Gasteiger partial charge in [0.1, 0.15) is 0 Å². The van der Waals surface area contributed by atoms with Crippen LogP contribution in [0.25, 0.3) is 0 Å². The normalized spacial score (nSPS) is 12.2. The minimum atomic E-state index is -0.366. The van der Waals surface area contributed by atoms with Gasteiger partial charge in [0.15, 0.2) is 11.6 Å². The highest BCUT2D eigenvalue weighted by atomic mass is 127. The second kappa shape index (κ2) is 7.42. The van der Waals surface area contributed by atoms with Crippen molar-refractivity contribution in [3.63, 3.8) is 0 Å². The fraction of sp³-hybridized carbons (Fsp3) is 0.250. The molecule has 112 valence electrons. The zero-order chi connectivity index (χ0) is 15.4. The molecule has 0 aliphatic carbocycles. The number of ether oxygens (including phenoxy) is 1. The van der Waals surface area contributed by atoms with E-state index in [4.69, 9.17) is 16.3 Å². The van der Waals surface area contributed by atoms with E-state index in [1.807, 2.05) is 31.2 Å². The smallest absolute Gasteiger partial charge is 0.165 e. The first kappa shape index (κ1) is 16.5. The third kappa shape index (κ3) is 3.87. The van der Waals surface area contributed by atoms with Crippen LogP contribution in [0.3, 0.4) is 0 Å². The van der Waals surface area contributed by atoms with Crippen LogP contribution in [0.5, 0.6) is 5.75 Å². The fourth-order valence-electron chi connectivity index (χ4n) is 2.19. The van der Waals surface area contributed by atoms with Crippen LogP contribution >= 0.6 is 34.2 Å². The predicted molar refractivity (Wildman–Crippen MR) is 92.6 cm³/mol. The molecule has 21 heavy (non-hydrogen) atoms. The van der Waals surface area contributed by atoms with Gasteiger partial charge in [-0.1, -0.05) is 30.7 Å². The summed E-state index contributed by atoms with van der Waals surface area (Å²) < 4.78 is 19.9. The molecule has 0 saturated heterocycles. The molecule has 2 rings (SSSR count). The Morgan fingerprint density at radius 2 is 1.90 bits per heavy atom. The van der Waals surface area contributed by atoms with E-state index in [-0.39, 0.29) is 17.6 Å². The van der Waals surface area contributed by atoms with E-state index in [1.54, 1.807) is 6.07 Å². The van der Waals surface area contributed by atoms with Crippen LogP contribution in [0.1, 0.15) is 24.1 Å². The Balaban J connectivity index is 2.42. The molecule has 0 saturated carbocycles. The molecule has 2 aromatic carbocycles. The molecule has 2 nitrogen and oxygen atoms in total. The molecule has 1 unspecified atom stereocenters. The maximum absolute atomic E-state index is 13.9. The van der Waals surface area contributed by atoms with E-state index in [0.29, 0.717) is 5.02 Å². The number of nitrogens with one attached hydrogen (secondary N) is 1. The first-order valence-electron chi connectivity index (χ1n) is 6.58. The predicted octanol–water partition coefficient (Wildman–Crippen LogP) is 4.79. The lowest BCUT2D eigenvalue weighted by molar-refractivity contribution is 0.385. The van der Waals surface area contributed by atoms with Gasteiger partial charge in [0.2, 0.25) is 0 Å². The molecular weight excluding hydrogens is 404 g/mol. The van der Waals surface area contributed by atoms with Crippen LogP contribution < -0.4 is 10.1 Å². The molecular formula is C16H16ClFINO. The molecule has 0 aliphatic rings. The summed E-state index contributed by atoms with van der Waals surface area (Å²) in [5, 5.41) is 4.06. The molecule has 1 N–H and O–H groups in total. The average Bonchev–Trinajstić information content (AvgIpc) is 2.48. The van der Waals surface area contributed by atoms with E-state index in [0.717, 1.165) is 21.2 Å². The van der Waals surface area contributed by atoms with Crippen molar-refractivity contribution in [2.75, 3.05) is 13.7 Å². The maximum Gasteiger partial charge on any atom is 0.165 e. The quantitative estimate of drug-likeness (QED) is 0.704. The highest BCUT2D eigenvalue weighted by molar-refractivity contribution is 14.1. The summed E-state index contributed by atoms with van der Waals surface area (Å²) in [6.07, 6.45) is 0. The zero-order valence-corrected chi connectivity index (χ0v) is 14.7. The first-order chi connectivity index (χ1) is 10.1. The summed E-state index contributed by atoms with van der Waals surface area (Å²) >= 11 is 8.38. The summed E-state index contributed by atoms with van der Waals surface area (Å²) in [5.41, 5.74) is 1.85. The lowest BCUT2D eigenvalue weighted by Gasteiger charge is -2.20. The van der Waals surface area contributed by atoms with Gasteiger partial charge in [-0.15, -0.1) is 0 Å². The van der Waals surface area contributed by atoms with Crippen LogP contribution in [-0.2, 0) is 0 Å². The second-order valence-corrected chi connectivity index (χ2v) is 6.13. The van der Waals surface area contributed by atoms with Gasteiger partial charge < -0.3 is 10.1 Å². The SMILES string of the molecule is CCNC(c1ccc(OC)c(F)c1)c1ccc(I)c(Cl)c1. The molecule has 0 aromatic heterocycles. The summed E-state index contributed by atoms with van der Waals surface area (Å²) in [5.74, 6) is -0.121.